The monoisotopic (exact) mass is 314 g/mol. The van der Waals surface area contributed by atoms with E-state index in [1.165, 1.54) is 42.8 Å². The van der Waals surface area contributed by atoms with Gasteiger partial charge in [0, 0.05) is 20.5 Å². The quantitative estimate of drug-likeness (QED) is 0.379. The average Bonchev–Trinajstić information content (AvgIpc) is 2.96. The van der Waals surface area contributed by atoms with Gasteiger partial charge >= 0.3 is 0 Å². The van der Waals surface area contributed by atoms with Crippen LogP contribution in [-0.2, 0) is 0 Å². The predicted molar refractivity (Wildman–Crippen MR) is 102 cm³/mol. The lowest BCUT2D eigenvalue weighted by Crippen LogP contribution is -1.82. The van der Waals surface area contributed by atoms with Gasteiger partial charge in [-0.1, -0.05) is 77.9 Å². The fraction of sp³-hybridized carbons (Fsp3) is 0.0909. The maximum absolute atomic E-state index is 2.24. The smallest absolute Gasteiger partial charge is 0.0433 e. The fourth-order valence-corrected chi connectivity index (χ4v) is 4.19. The molecule has 0 aliphatic carbocycles. The van der Waals surface area contributed by atoms with Crippen molar-refractivity contribution in [3.05, 3.63) is 83.9 Å². The van der Waals surface area contributed by atoms with Gasteiger partial charge in [0.1, 0.15) is 0 Å². The maximum atomic E-state index is 2.24. The standard InChI is InChI=1S/C22H18S/c1-15-7-11-17(12-8-15)21-19-5-3-4-6-20(19)23-22(21)18-13-9-16(2)10-14-18/h3-14H,1-2H3. The molecule has 0 unspecified atom stereocenters. The maximum Gasteiger partial charge on any atom is 0.0433 e. The molecule has 4 rings (SSSR count). The van der Waals surface area contributed by atoms with Crippen molar-refractivity contribution in [3.63, 3.8) is 0 Å². The van der Waals surface area contributed by atoms with Crippen LogP contribution in [0.5, 0.6) is 0 Å². The molecular formula is C22H18S. The number of hydrogen-bond donors (Lipinski definition) is 0. The Kier molecular flexibility index (Phi) is 3.51. The third-order valence-corrected chi connectivity index (χ3v) is 5.47. The van der Waals surface area contributed by atoms with Crippen molar-refractivity contribution in [1.82, 2.24) is 0 Å². The van der Waals surface area contributed by atoms with E-state index in [0.29, 0.717) is 0 Å². The topological polar surface area (TPSA) is 0 Å². The lowest BCUT2D eigenvalue weighted by Gasteiger charge is -2.07. The van der Waals surface area contributed by atoms with Gasteiger partial charge in [-0.3, -0.25) is 0 Å². The Balaban J connectivity index is 2.01. The largest absolute Gasteiger partial charge is 0.135 e. The second-order valence-corrected chi connectivity index (χ2v) is 7.09. The van der Waals surface area contributed by atoms with Gasteiger partial charge in [0.25, 0.3) is 0 Å². The summed E-state index contributed by atoms with van der Waals surface area (Å²) in [7, 11) is 0. The van der Waals surface area contributed by atoms with Crippen LogP contribution in [0.4, 0.5) is 0 Å². The van der Waals surface area contributed by atoms with Gasteiger partial charge in [0.2, 0.25) is 0 Å². The molecule has 0 amide bonds. The number of thiophene rings is 1. The number of fused-ring (bicyclic) bond motifs is 1. The lowest BCUT2D eigenvalue weighted by atomic mass is 9.98. The van der Waals surface area contributed by atoms with Crippen LogP contribution in [0, 0.1) is 13.8 Å². The summed E-state index contributed by atoms with van der Waals surface area (Å²) in [4.78, 5) is 1.36. The van der Waals surface area contributed by atoms with E-state index in [-0.39, 0.29) is 0 Å². The summed E-state index contributed by atoms with van der Waals surface area (Å²) in [5.41, 5.74) is 6.54. The molecule has 0 spiro atoms. The van der Waals surface area contributed by atoms with E-state index >= 15 is 0 Å². The molecule has 0 fully saturated rings. The Morgan fingerprint density at radius 2 is 1.17 bits per heavy atom. The molecular weight excluding hydrogens is 296 g/mol. The molecule has 1 heteroatoms. The molecule has 1 heterocycles. The second-order valence-electron chi connectivity index (χ2n) is 6.03. The molecule has 3 aromatic carbocycles. The SMILES string of the molecule is Cc1ccc(-c2sc3ccccc3c2-c2ccc(C)cc2)cc1. The fourth-order valence-electron chi connectivity index (χ4n) is 2.96. The summed E-state index contributed by atoms with van der Waals surface area (Å²) in [5.74, 6) is 0. The summed E-state index contributed by atoms with van der Waals surface area (Å²) in [6, 6.07) is 26.4. The van der Waals surface area contributed by atoms with E-state index in [2.05, 4.69) is 86.6 Å². The van der Waals surface area contributed by atoms with E-state index in [9.17, 15) is 0 Å². The zero-order valence-corrected chi connectivity index (χ0v) is 14.2. The molecule has 23 heavy (non-hydrogen) atoms. The first-order valence-corrected chi connectivity index (χ1v) is 8.69. The van der Waals surface area contributed by atoms with Gasteiger partial charge in [-0.25, -0.2) is 0 Å². The normalized spacial score (nSPS) is 11.0. The summed E-state index contributed by atoms with van der Waals surface area (Å²) in [6.45, 7) is 4.27. The zero-order chi connectivity index (χ0) is 15.8. The van der Waals surface area contributed by atoms with Crippen LogP contribution in [0.1, 0.15) is 11.1 Å². The highest BCUT2D eigenvalue weighted by Crippen LogP contribution is 2.44. The van der Waals surface area contributed by atoms with Crippen molar-refractivity contribution in [2.24, 2.45) is 0 Å². The van der Waals surface area contributed by atoms with Crippen LogP contribution in [0.15, 0.2) is 72.8 Å². The third-order valence-electron chi connectivity index (χ3n) is 4.25. The molecule has 0 aliphatic heterocycles. The lowest BCUT2D eigenvalue weighted by molar-refractivity contribution is 1.47. The van der Waals surface area contributed by atoms with E-state index in [4.69, 9.17) is 0 Å². The Hall–Kier alpha value is -2.38. The molecule has 0 aliphatic rings. The molecule has 1 aromatic heterocycles. The minimum Gasteiger partial charge on any atom is -0.135 e. The number of hydrogen-bond acceptors (Lipinski definition) is 1. The Morgan fingerprint density at radius 1 is 0.609 bits per heavy atom. The van der Waals surface area contributed by atoms with Crippen molar-refractivity contribution < 1.29 is 0 Å². The number of rotatable bonds is 2. The minimum atomic E-state index is 1.30. The molecule has 0 bridgehead atoms. The molecule has 4 aromatic rings. The highest BCUT2D eigenvalue weighted by Gasteiger charge is 2.15. The van der Waals surface area contributed by atoms with Crippen molar-refractivity contribution in [3.8, 4) is 21.6 Å². The van der Waals surface area contributed by atoms with Crippen molar-refractivity contribution in [2.75, 3.05) is 0 Å². The molecule has 0 saturated heterocycles. The second kappa shape index (κ2) is 5.68. The Morgan fingerprint density at radius 3 is 1.83 bits per heavy atom. The van der Waals surface area contributed by atoms with Crippen LogP contribution in [0.25, 0.3) is 31.7 Å². The number of aryl methyl sites for hydroxylation is 2. The molecule has 0 radical (unpaired) electrons. The van der Waals surface area contributed by atoms with Gasteiger partial charge in [0.15, 0.2) is 0 Å². The van der Waals surface area contributed by atoms with Crippen LogP contribution in [0.3, 0.4) is 0 Å². The van der Waals surface area contributed by atoms with Gasteiger partial charge in [-0.15, -0.1) is 11.3 Å². The van der Waals surface area contributed by atoms with Gasteiger partial charge in [0.05, 0.1) is 0 Å². The zero-order valence-electron chi connectivity index (χ0n) is 13.3. The van der Waals surface area contributed by atoms with Crippen molar-refractivity contribution >= 4 is 21.4 Å². The van der Waals surface area contributed by atoms with Crippen molar-refractivity contribution in [1.29, 1.82) is 0 Å². The average molecular weight is 314 g/mol. The summed E-state index contributed by atoms with van der Waals surface area (Å²) in [6.07, 6.45) is 0. The Bertz CT molecular complexity index is 957. The van der Waals surface area contributed by atoms with Crippen LogP contribution in [-0.4, -0.2) is 0 Å². The van der Waals surface area contributed by atoms with Crippen LogP contribution < -0.4 is 0 Å². The van der Waals surface area contributed by atoms with E-state index in [1.54, 1.807) is 0 Å². The van der Waals surface area contributed by atoms with Crippen LogP contribution in [0.2, 0.25) is 0 Å². The summed E-state index contributed by atoms with van der Waals surface area (Å²) >= 11 is 1.88. The predicted octanol–water partition coefficient (Wildman–Crippen LogP) is 6.85. The van der Waals surface area contributed by atoms with Gasteiger partial charge < -0.3 is 0 Å². The Labute approximate surface area is 141 Å². The first kappa shape index (κ1) is 14.2. The number of benzene rings is 3. The van der Waals surface area contributed by atoms with Crippen molar-refractivity contribution in [2.45, 2.75) is 13.8 Å². The molecule has 0 N–H and O–H groups in total. The highest BCUT2D eigenvalue weighted by molar-refractivity contribution is 7.23. The summed E-state index contributed by atoms with van der Waals surface area (Å²) in [5, 5.41) is 1.34. The first-order valence-electron chi connectivity index (χ1n) is 7.88. The minimum absolute atomic E-state index is 1.30. The van der Waals surface area contributed by atoms with Gasteiger partial charge in [-0.05, 0) is 31.0 Å². The van der Waals surface area contributed by atoms with Crippen LogP contribution >= 0.6 is 11.3 Å². The molecule has 112 valence electrons. The van der Waals surface area contributed by atoms with E-state index in [0.717, 1.165) is 0 Å². The third kappa shape index (κ3) is 2.58. The van der Waals surface area contributed by atoms with E-state index in [1.807, 2.05) is 11.3 Å². The first-order chi connectivity index (χ1) is 11.2. The van der Waals surface area contributed by atoms with Gasteiger partial charge in [-0.2, -0.15) is 0 Å². The highest BCUT2D eigenvalue weighted by atomic mass is 32.1. The summed E-state index contributed by atoms with van der Waals surface area (Å²) < 4.78 is 1.35. The van der Waals surface area contributed by atoms with E-state index < -0.39 is 0 Å². The molecule has 0 saturated carbocycles. The molecule has 0 atom stereocenters. The molecule has 0 nitrogen and oxygen atoms in total.